The first-order valence-electron chi connectivity index (χ1n) is 3.83. The second-order valence-corrected chi connectivity index (χ2v) is 3.19. The molecule has 0 amide bonds. The topological polar surface area (TPSA) is 0 Å². The predicted molar refractivity (Wildman–Crippen MR) is 43.5 cm³/mol. The van der Waals surface area contributed by atoms with Crippen molar-refractivity contribution < 1.29 is 0 Å². The molecular formula is C9H20. The average Bonchev–Trinajstić information content (AvgIpc) is 2.14. The molecule has 1 aliphatic carbocycles. The van der Waals surface area contributed by atoms with Crippen molar-refractivity contribution in [3.63, 3.8) is 0 Å². The lowest BCUT2D eigenvalue weighted by Gasteiger charge is -2.02. The fourth-order valence-corrected chi connectivity index (χ4v) is 1.70. The summed E-state index contributed by atoms with van der Waals surface area (Å²) in [5.41, 5.74) is 0. The lowest BCUT2D eigenvalue weighted by Crippen LogP contribution is -1.89. The zero-order chi connectivity index (χ0) is 5.98. The molecule has 1 rings (SSSR count). The Morgan fingerprint density at radius 1 is 1.33 bits per heavy atom. The Bertz CT molecular complexity index is 66.4. The summed E-state index contributed by atoms with van der Waals surface area (Å²) in [6, 6.07) is 0. The van der Waals surface area contributed by atoms with Gasteiger partial charge in [0.05, 0.1) is 0 Å². The monoisotopic (exact) mass is 128 g/mol. The van der Waals surface area contributed by atoms with Crippen LogP contribution in [0.1, 0.15) is 47.0 Å². The van der Waals surface area contributed by atoms with Gasteiger partial charge in [0, 0.05) is 0 Å². The lowest BCUT2D eigenvalue weighted by molar-refractivity contribution is 0.501. The Kier molecular flexibility index (Phi) is 3.92. The van der Waals surface area contributed by atoms with Crippen molar-refractivity contribution in [1.82, 2.24) is 0 Å². The molecule has 1 fully saturated rings. The summed E-state index contributed by atoms with van der Waals surface area (Å²) < 4.78 is 0. The number of hydrogen-bond acceptors (Lipinski definition) is 0. The smallest absolute Gasteiger partial charge is 0.0414 e. The first kappa shape index (κ1) is 9.00. The van der Waals surface area contributed by atoms with E-state index in [2.05, 4.69) is 13.8 Å². The molecule has 0 saturated heterocycles. The Hall–Kier alpha value is 0. The van der Waals surface area contributed by atoms with Crippen LogP contribution in [-0.2, 0) is 0 Å². The van der Waals surface area contributed by atoms with Gasteiger partial charge in [-0.05, 0) is 18.3 Å². The van der Waals surface area contributed by atoms with Crippen molar-refractivity contribution in [2.45, 2.75) is 47.0 Å². The minimum Gasteiger partial charge on any atom is -0.0776 e. The fourth-order valence-electron chi connectivity index (χ4n) is 1.70. The van der Waals surface area contributed by atoms with E-state index in [-0.39, 0.29) is 7.43 Å². The van der Waals surface area contributed by atoms with Crippen molar-refractivity contribution in [1.29, 1.82) is 0 Å². The van der Waals surface area contributed by atoms with Crippen LogP contribution in [0.4, 0.5) is 0 Å². The Labute approximate surface area is 59.7 Å². The quantitative estimate of drug-likeness (QED) is 0.507. The van der Waals surface area contributed by atoms with E-state index in [1.807, 2.05) is 0 Å². The van der Waals surface area contributed by atoms with Crippen LogP contribution in [0, 0.1) is 11.8 Å². The molecule has 0 aromatic carbocycles. The van der Waals surface area contributed by atoms with Gasteiger partial charge in [-0.1, -0.05) is 40.5 Å². The lowest BCUT2D eigenvalue weighted by atomic mass is 10.0. The first-order valence-corrected chi connectivity index (χ1v) is 3.83. The summed E-state index contributed by atoms with van der Waals surface area (Å²) in [5, 5.41) is 0. The molecule has 0 spiro atoms. The van der Waals surface area contributed by atoms with Gasteiger partial charge in [0.15, 0.2) is 0 Å². The highest BCUT2D eigenvalue weighted by atomic mass is 14.2. The zero-order valence-electron chi connectivity index (χ0n) is 5.98. The van der Waals surface area contributed by atoms with Crippen LogP contribution in [0.3, 0.4) is 0 Å². The van der Waals surface area contributed by atoms with Crippen LogP contribution in [0.15, 0.2) is 0 Å². The van der Waals surface area contributed by atoms with E-state index in [1.165, 1.54) is 25.7 Å². The third-order valence-electron chi connectivity index (χ3n) is 2.38. The molecule has 0 aliphatic heterocycles. The van der Waals surface area contributed by atoms with Gasteiger partial charge in [0.2, 0.25) is 0 Å². The summed E-state index contributed by atoms with van der Waals surface area (Å²) in [5.74, 6) is 2.10. The van der Waals surface area contributed by atoms with E-state index in [9.17, 15) is 0 Å². The van der Waals surface area contributed by atoms with Crippen molar-refractivity contribution >= 4 is 0 Å². The summed E-state index contributed by atoms with van der Waals surface area (Å²) in [7, 11) is 0. The van der Waals surface area contributed by atoms with E-state index in [0.717, 1.165) is 11.8 Å². The van der Waals surface area contributed by atoms with E-state index in [4.69, 9.17) is 0 Å². The Morgan fingerprint density at radius 2 is 2.00 bits per heavy atom. The summed E-state index contributed by atoms with van der Waals surface area (Å²) in [6.45, 7) is 4.68. The predicted octanol–water partition coefficient (Wildman–Crippen LogP) is 3.47. The van der Waals surface area contributed by atoms with Crippen molar-refractivity contribution in [2.24, 2.45) is 11.8 Å². The highest BCUT2D eigenvalue weighted by Crippen LogP contribution is 2.31. The van der Waals surface area contributed by atoms with Gasteiger partial charge in [0.1, 0.15) is 0 Å². The minimum atomic E-state index is 0. The van der Waals surface area contributed by atoms with Crippen LogP contribution >= 0.6 is 0 Å². The summed E-state index contributed by atoms with van der Waals surface area (Å²) in [6.07, 6.45) is 5.89. The Morgan fingerprint density at radius 3 is 2.22 bits per heavy atom. The molecule has 56 valence electrons. The third-order valence-corrected chi connectivity index (χ3v) is 2.38. The molecule has 0 nitrogen and oxygen atoms in total. The van der Waals surface area contributed by atoms with Crippen molar-refractivity contribution in [3.05, 3.63) is 0 Å². The van der Waals surface area contributed by atoms with Crippen LogP contribution in [0.2, 0.25) is 0 Å². The molecule has 0 aromatic heterocycles. The minimum absolute atomic E-state index is 0. The highest BCUT2D eigenvalue weighted by molar-refractivity contribution is 4.70. The van der Waals surface area contributed by atoms with Crippen LogP contribution in [0.5, 0.6) is 0 Å². The zero-order valence-corrected chi connectivity index (χ0v) is 5.98. The second kappa shape index (κ2) is 3.92. The standard InChI is InChI=1S/C8H16.CH4/c1-3-8-5-4-7(2)6-8;/h7-8H,3-6H2,1-2H3;1H4. The highest BCUT2D eigenvalue weighted by Gasteiger charge is 2.18. The number of rotatable bonds is 1. The van der Waals surface area contributed by atoms with Crippen LogP contribution in [0.25, 0.3) is 0 Å². The molecule has 0 bridgehead atoms. The molecule has 0 N–H and O–H groups in total. The van der Waals surface area contributed by atoms with E-state index >= 15 is 0 Å². The SMILES string of the molecule is C.CCC1CCC(C)C1. The summed E-state index contributed by atoms with van der Waals surface area (Å²) >= 11 is 0. The van der Waals surface area contributed by atoms with E-state index in [1.54, 1.807) is 0 Å². The van der Waals surface area contributed by atoms with Gasteiger partial charge in [-0.3, -0.25) is 0 Å². The molecule has 2 atom stereocenters. The van der Waals surface area contributed by atoms with Gasteiger partial charge >= 0.3 is 0 Å². The maximum absolute atomic E-state index is 2.37. The fraction of sp³-hybridized carbons (Fsp3) is 1.00. The molecular weight excluding hydrogens is 108 g/mol. The molecule has 2 unspecified atom stereocenters. The van der Waals surface area contributed by atoms with Crippen molar-refractivity contribution in [3.8, 4) is 0 Å². The molecule has 9 heavy (non-hydrogen) atoms. The van der Waals surface area contributed by atoms with Crippen LogP contribution in [-0.4, -0.2) is 0 Å². The molecule has 0 heteroatoms. The van der Waals surface area contributed by atoms with Gasteiger partial charge in [-0.25, -0.2) is 0 Å². The number of hydrogen-bond donors (Lipinski definition) is 0. The first-order chi connectivity index (χ1) is 3.83. The maximum atomic E-state index is 2.37. The van der Waals surface area contributed by atoms with Gasteiger partial charge in [0.25, 0.3) is 0 Å². The van der Waals surface area contributed by atoms with Gasteiger partial charge in [-0.2, -0.15) is 0 Å². The molecule has 0 heterocycles. The molecule has 0 radical (unpaired) electrons. The average molecular weight is 128 g/mol. The largest absolute Gasteiger partial charge is 0.0776 e. The summed E-state index contributed by atoms with van der Waals surface area (Å²) in [4.78, 5) is 0. The normalized spacial score (nSPS) is 34.0. The second-order valence-electron chi connectivity index (χ2n) is 3.19. The van der Waals surface area contributed by atoms with Gasteiger partial charge in [-0.15, -0.1) is 0 Å². The molecule has 1 aliphatic rings. The van der Waals surface area contributed by atoms with Crippen molar-refractivity contribution in [2.75, 3.05) is 0 Å². The van der Waals surface area contributed by atoms with E-state index in [0.29, 0.717) is 0 Å². The third kappa shape index (κ3) is 2.38. The van der Waals surface area contributed by atoms with E-state index < -0.39 is 0 Å². The molecule has 0 aromatic rings. The maximum Gasteiger partial charge on any atom is -0.0414 e. The van der Waals surface area contributed by atoms with Crippen LogP contribution < -0.4 is 0 Å². The Balaban J connectivity index is 0.000000640. The molecule has 1 saturated carbocycles. The van der Waals surface area contributed by atoms with Gasteiger partial charge < -0.3 is 0 Å².